The van der Waals surface area contributed by atoms with Gasteiger partial charge in [-0.2, -0.15) is 10.5 Å². The summed E-state index contributed by atoms with van der Waals surface area (Å²) in [5.74, 6) is -0.741. The van der Waals surface area contributed by atoms with E-state index in [4.69, 9.17) is 10.4 Å². The Bertz CT molecular complexity index is 602. The van der Waals surface area contributed by atoms with Crippen molar-refractivity contribution >= 4 is 5.97 Å². The Morgan fingerprint density at radius 3 is 2.55 bits per heavy atom. The summed E-state index contributed by atoms with van der Waals surface area (Å²) in [6.07, 6.45) is 1.83. The quantitative estimate of drug-likeness (QED) is 0.873. The number of nitrogens with one attached hydrogen (secondary N) is 1. The number of tetrazole rings is 1. The van der Waals surface area contributed by atoms with Gasteiger partial charge in [-0.25, -0.2) is 0 Å². The molecule has 116 valence electrons. The number of nitrogens with zero attached hydrogens (tertiary/aromatic N) is 4. The van der Waals surface area contributed by atoms with Crippen LogP contribution in [0.1, 0.15) is 36.7 Å². The fourth-order valence-corrected chi connectivity index (χ4v) is 1.78. The van der Waals surface area contributed by atoms with Crippen LogP contribution in [0.25, 0.3) is 0 Å². The summed E-state index contributed by atoms with van der Waals surface area (Å²) in [5.41, 5.74) is 1.91. The highest BCUT2D eigenvalue weighted by molar-refractivity contribution is 5.70. The van der Waals surface area contributed by atoms with Crippen molar-refractivity contribution < 1.29 is 9.90 Å². The molecule has 0 radical (unpaired) electrons. The van der Waals surface area contributed by atoms with Gasteiger partial charge in [-0.3, -0.25) is 4.79 Å². The lowest BCUT2D eigenvalue weighted by Gasteiger charge is -2.06. The molecule has 0 aliphatic rings. The van der Waals surface area contributed by atoms with Crippen molar-refractivity contribution in [2.24, 2.45) is 5.92 Å². The van der Waals surface area contributed by atoms with Gasteiger partial charge >= 0.3 is 5.97 Å². The summed E-state index contributed by atoms with van der Waals surface area (Å²) in [7, 11) is 0. The lowest BCUT2D eigenvalue weighted by molar-refractivity contribution is -0.142. The van der Waals surface area contributed by atoms with Gasteiger partial charge in [0.1, 0.15) is 0 Å². The molecule has 0 aliphatic heterocycles. The Hall–Kier alpha value is -2.75. The molecule has 1 atom stereocenters. The van der Waals surface area contributed by atoms with E-state index in [1.54, 1.807) is 0 Å². The Morgan fingerprint density at radius 2 is 2.09 bits per heavy atom. The molecular formula is C15H19N5O2. The molecule has 0 saturated carbocycles. The lowest BCUT2D eigenvalue weighted by Crippen LogP contribution is -2.16. The maximum absolute atomic E-state index is 10.7. The topological polar surface area (TPSA) is 116 Å². The average molecular weight is 301 g/mol. The van der Waals surface area contributed by atoms with Crippen LogP contribution in [0, 0.1) is 24.2 Å². The van der Waals surface area contributed by atoms with Crippen LogP contribution in [0.15, 0.2) is 24.3 Å². The number of nitriles is 1. The molecule has 0 spiro atoms. The minimum Gasteiger partial charge on any atom is -0.481 e. The van der Waals surface area contributed by atoms with Crippen LogP contribution in [-0.4, -0.2) is 31.7 Å². The molecule has 2 rings (SSSR count). The van der Waals surface area contributed by atoms with Gasteiger partial charge < -0.3 is 5.11 Å². The second-order valence-electron chi connectivity index (χ2n) is 4.83. The third-order valence-corrected chi connectivity index (χ3v) is 2.99. The lowest BCUT2D eigenvalue weighted by atomic mass is 10.00. The summed E-state index contributed by atoms with van der Waals surface area (Å²) in [4.78, 5) is 10.7. The van der Waals surface area contributed by atoms with Crippen molar-refractivity contribution in [1.29, 1.82) is 5.26 Å². The largest absolute Gasteiger partial charge is 0.481 e. The number of carboxylic acid groups (broad SMARTS) is 1. The van der Waals surface area contributed by atoms with Gasteiger partial charge in [-0.15, -0.1) is 10.2 Å². The molecule has 7 nitrogen and oxygen atoms in total. The van der Waals surface area contributed by atoms with Gasteiger partial charge in [-0.05, 0) is 25.5 Å². The number of aliphatic carboxylic acids is 1. The summed E-state index contributed by atoms with van der Waals surface area (Å²) in [6, 6.07) is 9.54. The monoisotopic (exact) mass is 301 g/mol. The summed E-state index contributed by atoms with van der Waals surface area (Å²) < 4.78 is 0. The van der Waals surface area contributed by atoms with Crippen LogP contribution in [0.5, 0.6) is 0 Å². The van der Waals surface area contributed by atoms with Crippen LogP contribution in [-0.2, 0) is 11.2 Å². The zero-order valence-electron chi connectivity index (χ0n) is 12.7. The molecule has 1 unspecified atom stereocenters. The number of aromatic amines is 1. The number of aryl methyl sites for hydroxylation is 1. The molecule has 0 amide bonds. The Balaban J connectivity index is 0.000000235. The van der Waals surface area contributed by atoms with Crippen LogP contribution >= 0.6 is 0 Å². The van der Waals surface area contributed by atoms with Crippen molar-refractivity contribution in [3.05, 3.63) is 41.2 Å². The summed E-state index contributed by atoms with van der Waals surface area (Å²) in [5, 5.41) is 30.3. The highest BCUT2D eigenvalue weighted by atomic mass is 16.4. The molecule has 7 heteroatoms. The predicted molar refractivity (Wildman–Crippen MR) is 79.8 cm³/mol. The molecule has 0 aliphatic carbocycles. The number of hydrogen-bond donors (Lipinski definition) is 2. The Morgan fingerprint density at radius 1 is 1.41 bits per heavy atom. The van der Waals surface area contributed by atoms with Crippen molar-refractivity contribution in [3.8, 4) is 6.07 Å². The molecular weight excluding hydrogens is 282 g/mol. The number of H-pyrrole nitrogens is 1. The fourth-order valence-electron chi connectivity index (χ4n) is 1.78. The number of aromatic nitrogens is 4. The summed E-state index contributed by atoms with van der Waals surface area (Å²) >= 11 is 0. The van der Waals surface area contributed by atoms with Crippen LogP contribution in [0.2, 0.25) is 0 Å². The molecule has 1 aromatic carbocycles. The second kappa shape index (κ2) is 9.23. The maximum atomic E-state index is 10.7. The predicted octanol–water partition coefficient (Wildman–Crippen LogP) is 2.11. The Kier molecular flexibility index (Phi) is 7.26. The standard InChI is InChI=1S/C8H7N.C7H12N4O2/c1-7-2-4-8(6-9)5-3-7;1-2-3-5(7(12)13)4-6-8-10-11-9-6/h2-5H,1H3;5H,2-4H2,1H3,(H,12,13)(H,8,9,10,11). The van der Waals surface area contributed by atoms with E-state index in [1.807, 2.05) is 38.1 Å². The number of rotatable bonds is 5. The van der Waals surface area contributed by atoms with Gasteiger partial charge in [0.2, 0.25) is 0 Å². The van der Waals surface area contributed by atoms with E-state index in [2.05, 4.69) is 26.7 Å². The molecule has 0 fully saturated rings. The van der Waals surface area contributed by atoms with Gasteiger partial charge in [-0.1, -0.05) is 36.3 Å². The molecule has 0 saturated heterocycles. The molecule has 2 aromatic rings. The fraction of sp³-hybridized carbons (Fsp3) is 0.400. The highest BCUT2D eigenvalue weighted by Gasteiger charge is 2.18. The third kappa shape index (κ3) is 6.13. The van der Waals surface area contributed by atoms with E-state index < -0.39 is 11.9 Å². The van der Waals surface area contributed by atoms with Gasteiger partial charge in [0.05, 0.1) is 17.6 Å². The first-order valence-electron chi connectivity index (χ1n) is 6.98. The SMILES string of the molecule is CCCC(Cc1nn[nH]n1)C(=O)O.Cc1ccc(C#N)cc1. The van der Waals surface area contributed by atoms with Crippen LogP contribution < -0.4 is 0 Å². The number of carbonyl (C=O) groups is 1. The first-order chi connectivity index (χ1) is 10.6. The van der Waals surface area contributed by atoms with Gasteiger partial charge in [0.15, 0.2) is 5.82 Å². The van der Waals surface area contributed by atoms with E-state index >= 15 is 0 Å². The van der Waals surface area contributed by atoms with Crippen molar-refractivity contribution in [1.82, 2.24) is 20.6 Å². The van der Waals surface area contributed by atoms with Crippen LogP contribution in [0.3, 0.4) is 0 Å². The summed E-state index contributed by atoms with van der Waals surface area (Å²) in [6.45, 7) is 3.95. The average Bonchev–Trinajstić information content (AvgIpc) is 3.01. The van der Waals surface area contributed by atoms with E-state index in [0.29, 0.717) is 18.7 Å². The van der Waals surface area contributed by atoms with E-state index in [1.165, 1.54) is 5.56 Å². The van der Waals surface area contributed by atoms with Gasteiger partial charge in [0.25, 0.3) is 0 Å². The highest BCUT2D eigenvalue weighted by Crippen LogP contribution is 2.10. The number of hydrogen-bond acceptors (Lipinski definition) is 5. The molecule has 0 bridgehead atoms. The second-order valence-corrected chi connectivity index (χ2v) is 4.83. The number of benzene rings is 1. The first-order valence-corrected chi connectivity index (χ1v) is 6.98. The third-order valence-electron chi connectivity index (χ3n) is 2.99. The first kappa shape index (κ1) is 17.3. The van der Waals surface area contributed by atoms with E-state index in [9.17, 15) is 4.79 Å². The molecule has 1 aromatic heterocycles. The zero-order valence-corrected chi connectivity index (χ0v) is 12.7. The Labute approximate surface area is 129 Å². The minimum atomic E-state index is -0.799. The van der Waals surface area contributed by atoms with Crippen molar-refractivity contribution in [2.45, 2.75) is 33.1 Å². The zero-order chi connectivity index (χ0) is 16.4. The van der Waals surface area contributed by atoms with Crippen molar-refractivity contribution in [2.75, 3.05) is 0 Å². The molecule has 22 heavy (non-hydrogen) atoms. The van der Waals surface area contributed by atoms with E-state index in [0.717, 1.165) is 12.0 Å². The van der Waals surface area contributed by atoms with Crippen LogP contribution in [0.4, 0.5) is 0 Å². The smallest absolute Gasteiger partial charge is 0.306 e. The van der Waals surface area contributed by atoms with Gasteiger partial charge in [0, 0.05) is 6.42 Å². The molecule has 1 heterocycles. The molecule has 2 N–H and O–H groups in total. The normalized spacial score (nSPS) is 11.0. The van der Waals surface area contributed by atoms with Crippen molar-refractivity contribution in [3.63, 3.8) is 0 Å². The minimum absolute atomic E-state index is 0.347. The number of carboxylic acids is 1. The van der Waals surface area contributed by atoms with E-state index in [-0.39, 0.29) is 0 Å². The maximum Gasteiger partial charge on any atom is 0.306 e.